The molecule has 0 saturated carbocycles. The molecule has 1 atom stereocenters. The van der Waals surface area contributed by atoms with Gasteiger partial charge in [-0.15, -0.1) is 0 Å². The summed E-state index contributed by atoms with van der Waals surface area (Å²) in [5.41, 5.74) is 0. The SMILES string of the molecule is CCCN(C1CCS(=O)(=O)C1)S(=O)(=O)c1cc(Cl)cc(Cl)c1. The number of nitrogens with zero attached hydrogens (tertiary/aromatic N) is 1. The molecule has 22 heavy (non-hydrogen) atoms. The lowest BCUT2D eigenvalue weighted by Crippen LogP contribution is -2.41. The molecule has 2 rings (SSSR count). The van der Waals surface area contributed by atoms with Crippen LogP contribution in [0.25, 0.3) is 0 Å². The summed E-state index contributed by atoms with van der Waals surface area (Å²) in [6, 6.07) is 3.57. The van der Waals surface area contributed by atoms with E-state index in [0.29, 0.717) is 12.8 Å². The van der Waals surface area contributed by atoms with E-state index >= 15 is 0 Å². The quantitative estimate of drug-likeness (QED) is 0.780. The van der Waals surface area contributed by atoms with Crippen molar-refractivity contribution >= 4 is 43.1 Å². The molecule has 0 radical (unpaired) electrons. The largest absolute Gasteiger partial charge is 0.243 e. The standard InChI is InChI=1S/C13H17Cl2NO4S2/c1-2-4-16(12-3-5-21(17,18)9-12)22(19,20)13-7-10(14)6-11(15)8-13/h6-8,12H,2-5,9H2,1H3. The van der Waals surface area contributed by atoms with Crippen LogP contribution in [-0.2, 0) is 19.9 Å². The van der Waals surface area contributed by atoms with Crippen LogP contribution in [0.3, 0.4) is 0 Å². The van der Waals surface area contributed by atoms with Crippen LogP contribution >= 0.6 is 23.2 Å². The first kappa shape index (κ1) is 18.0. The second-order valence-electron chi connectivity index (χ2n) is 5.28. The molecule has 1 unspecified atom stereocenters. The van der Waals surface area contributed by atoms with E-state index < -0.39 is 25.9 Å². The molecule has 0 bridgehead atoms. The average Bonchev–Trinajstić information content (AvgIpc) is 2.74. The number of hydrogen-bond acceptors (Lipinski definition) is 4. The number of halogens is 2. The van der Waals surface area contributed by atoms with Gasteiger partial charge in [0.05, 0.1) is 16.4 Å². The number of sulfonamides is 1. The first-order chi connectivity index (χ1) is 10.2. The van der Waals surface area contributed by atoms with Crippen LogP contribution in [-0.4, -0.2) is 45.2 Å². The van der Waals surface area contributed by atoms with Gasteiger partial charge in [0, 0.05) is 22.6 Å². The fourth-order valence-electron chi connectivity index (χ4n) is 2.53. The average molecular weight is 386 g/mol. The molecule has 1 aromatic carbocycles. The van der Waals surface area contributed by atoms with Crippen LogP contribution < -0.4 is 0 Å². The summed E-state index contributed by atoms with van der Waals surface area (Å²) >= 11 is 11.8. The first-order valence-electron chi connectivity index (χ1n) is 6.84. The van der Waals surface area contributed by atoms with E-state index in [1.807, 2.05) is 6.92 Å². The zero-order chi connectivity index (χ0) is 16.5. The maximum absolute atomic E-state index is 12.8. The normalized spacial score (nSPS) is 21.4. The lowest BCUT2D eigenvalue weighted by Gasteiger charge is -2.27. The molecular formula is C13H17Cl2NO4S2. The number of benzene rings is 1. The molecule has 1 aromatic rings. The van der Waals surface area contributed by atoms with Crippen molar-refractivity contribution in [2.75, 3.05) is 18.1 Å². The molecular weight excluding hydrogens is 369 g/mol. The smallest absolute Gasteiger partial charge is 0.229 e. The van der Waals surface area contributed by atoms with E-state index in [1.165, 1.54) is 22.5 Å². The topological polar surface area (TPSA) is 71.5 Å². The van der Waals surface area contributed by atoms with Gasteiger partial charge in [0.15, 0.2) is 9.84 Å². The zero-order valence-corrected chi connectivity index (χ0v) is 15.1. The minimum atomic E-state index is -3.84. The number of sulfone groups is 1. The molecule has 1 saturated heterocycles. The van der Waals surface area contributed by atoms with E-state index in [9.17, 15) is 16.8 Å². The molecule has 1 fully saturated rings. The van der Waals surface area contributed by atoms with Gasteiger partial charge in [-0.3, -0.25) is 0 Å². The third-order valence-corrected chi connectivity index (χ3v) is 7.62. The lowest BCUT2D eigenvalue weighted by atomic mass is 10.2. The molecule has 0 aliphatic carbocycles. The third-order valence-electron chi connectivity index (χ3n) is 3.50. The molecule has 1 heterocycles. The van der Waals surface area contributed by atoms with E-state index in [1.54, 1.807) is 0 Å². The maximum Gasteiger partial charge on any atom is 0.243 e. The van der Waals surface area contributed by atoms with E-state index in [0.717, 1.165) is 0 Å². The number of rotatable bonds is 5. The van der Waals surface area contributed by atoms with Gasteiger partial charge >= 0.3 is 0 Å². The van der Waals surface area contributed by atoms with Crippen LogP contribution in [0, 0.1) is 0 Å². The minimum Gasteiger partial charge on any atom is -0.229 e. The van der Waals surface area contributed by atoms with Crippen LogP contribution in [0.4, 0.5) is 0 Å². The van der Waals surface area contributed by atoms with E-state index in [-0.39, 0.29) is 33.0 Å². The third kappa shape index (κ3) is 3.94. The molecule has 0 aromatic heterocycles. The van der Waals surface area contributed by atoms with Gasteiger partial charge in [0.25, 0.3) is 0 Å². The molecule has 124 valence electrons. The molecule has 5 nitrogen and oxygen atoms in total. The van der Waals surface area contributed by atoms with Crippen LogP contribution in [0.5, 0.6) is 0 Å². The van der Waals surface area contributed by atoms with Crippen LogP contribution in [0.1, 0.15) is 19.8 Å². The van der Waals surface area contributed by atoms with E-state index in [2.05, 4.69) is 0 Å². The Labute approximate surface area is 141 Å². The van der Waals surface area contributed by atoms with E-state index in [4.69, 9.17) is 23.2 Å². The summed E-state index contributed by atoms with van der Waals surface area (Å²) in [6.45, 7) is 2.10. The first-order valence-corrected chi connectivity index (χ1v) is 10.9. The fourth-order valence-corrected chi connectivity index (χ4v) is 6.83. The highest BCUT2D eigenvalue weighted by molar-refractivity contribution is 7.92. The van der Waals surface area contributed by atoms with Crippen molar-refractivity contribution in [3.63, 3.8) is 0 Å². The molecule has 1 aliphatic heterocycles. The molecule has 0 N–H and O–H groups in total. The van der Waals surface area contributed by atoms with Crippen molar-refractivity contribution in [3.05, 3.63) is 28.2 Å². The van der Waals surface area contributed by atoms with Crippen LogP contribution in [0.2, 0.25) is 10.0 Å². The Morgan fingerprint density at radius 3 is 2.27 bits per heavy atom. The molecule has 0 amide bonds. The van der Waals surface area contributed by atoms with Gasteiger partial charge in [0.1, 0.15) is 0 Å². The summed E-state index contributed by atoms with van der Waals surface area (Å²) in [5, 5.41) is 0.447. The van der Waals surface area contributed by atoms with Gasteiger partial charge in [-0.1, -0.05) is 30.1 Å². The highest BCUT2D eigenvalue weighted by atomic mass is 35.5. The Morgan fingerprint density at radius 2 is 1.82 bits per heavy atom. The Hall–Kier alpha value is -0.340. The van der Waals surface area contributed by atoms with Gasteiger partial charge in [0.2, 0.25) is 10.0 Å². The zero-order valence-electron chi connectivity index (χ0n) is 12.0. The second kappa shape index (κ2) is 6.65. The summed E-state index contributed by atoms with van der Waals surface area (Å²) in [4.78, 5) is -0.0113. The Bertz CT molecular complexity index is 742. The van der Waals surface area contributed by atoms with Gasteiger partial charge in [-0.2, -0.15) is 4.31 Å². The van der Waals surface area contributed by atoms with Crippen molar-refractivity contribution < 1.29 is 16.8 Å². The summed E-state index contributed by atoms with van der Waals surface area (Å²) in [5.74, 6) is -0.121. The van der Waals surface area contributed by atoms with Crippen molar-refractivity contribution in [1.82, 2.24) is 4.31 Å². The summed E-state index contributed by atoms with van der Waals surface area (Å²) < 4.78 is 50.3. The van der Waals surface area contributed by atoms with Crippen molar-refractivity contribution in [1.29, 1.82) is 0 Å². The Balaban J connectivity index is 2.42. The second-order valence-corrected chi connectivity index (χ2v) is 10.3. The van der Waals surface area contributed by atoms with Crippen molar-refractivity contribution in [3.8, 4) is 0 Å². The monoisotopic (exact) mass is 385 g/mol. The van der Waals surface area contributed by atoms with Crippen molar-refractivity contribution in [2.45, 2.75) is 30.7 Å². The van der Waals surface area contributed by atoms with Crippen molar-refractivity contribution in [2.24, 2.45) is 0 Å². The molecule has 1 aliphatic rings. The Kier molecular flexibility index (Phi) is 5.44. The molecule has 0 spiro atoms. The lowest BCUT2D eigenvalue weighted by molar-refractivity contribution is 0.340. The maximum atomic E-state index is 12.8. The molecule has 9 heteroatoms. The summed E-state index contributed by atoms with van der Waals surface area (Å²) in [7, 11) is -7.02. The van der Waals surface area contributed by atoms with Gasteiger partial charge in [-0.25, -0.2) is 16.8 Å². The fraction of sp³-hybridized carbons (Fsp3) is 0.538. The van der Waals surface area contributed by atoms with Gasteiger partial charge < -0.3 is 0 Å². The predicted octanol–water partition coefficient (Wildman–Crippen LogP) is 2.58. The summed E-state index contributed by atoms with van der Waals surface area (Å²) in [6.07, 6.45) is 0.903. The number of hydrogen-bond donors (Lipinski definition) is 0. The minimum absolute atomic E-state index is 0.0113. The highest BCUT2D eigenvalue weighted by Gasteiger charge is 2.38. The van der Waals surface area contributed by atoms with Crippen LogP contribution in [0.15, 0.2) is 23.1 Å². The van der Waals surface area contributed by atoms with Gasteiger partial charge in [-0.05, 0) is 31.0 Å². The highest BCUT2D eigenvalue weighted by Crippen LogP contribution is 2.28. The Morgan fingerprint density at radius 1 is 1.23 bits per heavy atom. The predicted molar refractivity (Wildman–Crippen MR) is 87.7 cm³/mol.